The lowest BCUT2D eigenvalue weighted by Crippen LogP contribution is -2.05. The number of ether oxygens (including phenoxy) is 1. The lowest BCUT2D eigenvalue weighted by Gasteiger charge is -2.04. The topological polar surface area (TPSA) is 39.2 Å². The molecule has 3 nitrogen and oxygen atoms in total. The minimum Gasteiger partial charge on any atom is -0.428 e. The molecule has 94 valence electrons. The van der Waals surface area contributed by atoms with Gasteiger partial charge in [-0.1, -0.05) is 35.6 Å². The van der Waals surface area contributed by atoms with Crippen LogP contribution in [0.15, 0.2) is 53.3 Å². The van der Waals surface area contributed by atoms with Gasteiger partial charge < -0.3 is 4.74 Å². The van der Waals surface area contributed by atoms with Gasteiger partial charge in [-0.15, -0.1) is 0 Å². The molecule has 0 spiro atoms. The molecule has 2 aromatic carbocycles. The number of rotatable bonds is 2. The first kappa shape index (κ1) is 11.8. The molecule has 0 fully saturated rings. The van der Waals surface area contributed by atoms with Gasteiger partial charge >= 0.3 is 0 Å². The van der Waals surface area contributed by atoms with Crippen molar-refractivity contribution in [2.24, 2.45) is 0 Å². The van der Waals surface area contributed by atoms with E-state index in [0.29, 0.717) is 5.39 Å². The average Bonchev–Trinajstić information content (AvgIpc) is 2.42. The molecule has 0 N–H and O–H groups in total. The van der Waals surface area contributed by atoms with Crippen LogP contribution in [0.3, 0.4) is 0 Å². The van der Waals surface area contributed by atoms with Crippen LogP contribution in [0, 0.1) is 5.82 Å². The predicted octanol–water partition coefficient (Wildman–Crippen LogP) is 3.59. The number of benzene rings is 2. The zero-order chi connectivity index (χ0) is 13.2. The molecule has 3 rings (SSSR count). The molecule has 0 aliphatic carbocycles. The predicted molar refractivity (Wildman–Crippen MR) is 72.4 cm³/mol. The van der Waals surface area contributed by atoms with E-state index >= 15 is 0 Å². The van der Waals surface area contributed by atoms with E-state index in [4.69, 9.17) is 4.74 Å². The van der Waals surface area contributed by atoms with Crippen LogP contribution in [0.5, 0.6) is 10.9 Å². The van der Waals surface area contributed by atoms with Gasteiger partial charge in [-0.25, -0.2) is 4.39 Å². The van der Waals surface area contributed by atoms with E-state index in [1.165, 1.54) is 23.5 Å². The third-order valence-corrected chi connectivity index (χ3v) is 3.47. The average molecular weight is 273 g/mol. The second kappa shape index (κ2) is 4.78. The highest BCUT2D eigenvalue weighted by Crippen LogP contribution is 2.28. The Hall–Kier alpha value is -2.27. The van der Waals surface area contributed by atoms with Crippen LogP contribution in [0.4, 0.5) is 4.39 Å². The molecule has 0 aliphatic rings. The first-order valence-electron chi connectivity index (χ1n) is 5.56. The molecular formula is C14H8FNO2S. The maximum Gasteiger partial charge on any atom is 0.282 e. The summed E-state index contributed by atoms with van der Waals surface area (Å²) < 4.78 is 19.6. The summed E-state index contributed by atoms with van der Waals surface area (Å²) >= 11 is 1.20. The second-order valence-corrected chi connectivity index (χ2v) is 4.81. The molecule has 1 aromatic heterocycles. The first-order valence-corrected chi connectivity index (χ1v) is 6.38. The molecule has 0 aliphatic heterocycles. The highest BCUT2D eigenvalue weighted by molar-refractivity contribution is 7.19. The van der Waals surface area contributed by atoms with E-state index < -0.39 is 5.82 Å². The molecule has 0 bridgehead atoms. The molecule has 0 saturated carbocycles. The highest BCUT2D eigenvalue weighted by Gasteiger charge is 2.08. The number of hydrogen-bond acceptors (Lipinski definition) is 4. The molecular weight excluding hydrogens is 265 g/mol. The van der Waals surface area contributed by atoms with Crippen molar-refractivity contribution in [2.75, 3.05) is 0 Å². The fraction of sp³-hybridized carbons (Fsp3) is 0. The van der Waals surface area contributed by atoms with Crippen LogP contribution in [0.2, 0.25) is 0 Å². The maximum absolute atomic E-state index is 13.5. The van der Waals surface area contributed by atoms with Crippen molar-refractivity contribution in [3.63, 3.8) is 0 Å². The van der Waals surface area contributed by atoms with Crippen LogP contribution in [0.25, 0.3) is 10.1 Å². The minimum absolute atomic E-state index is 0.0564. The highest BCUT2D eigenvalue weighted by atomic mass is 32.1. The van der Waals surface area contributed by atoms with E-state index in [2.05, 4.69) is 4.98 Å². The summed E-state index contributed by atoms with van der Waals surface area (Å²) in [6, 6.07) is 13.1. The van der Waals surface area contributed by atoms with Crippen molar-refractivity contribution < 1.29 is 9.13 Å². The SMILES string of the molecule is O=c1nc(Oc2ccccc2F)sc2ccccc12. The zero-order valence-electron chi connectivity index (χ0n) is 9.67. The lowest BCUT2D eigenvalue weighted by molar-refractivity contribution is 0.438. The van der Waals surface area contributed by atoms with E-state index in [1.807, 2.05) is 6.07 Å². The van der Waals surface area contributed by atoms with Gasteiger partial charge in [-0.05, 0) is 24.3 Å². The van der Waals surface area contributed by atoms with E-state index in [0.717, 1.165) is 4.70 Å². The monoisotopic (exact) mass is 273 g/mol. The molecule has 0 saturated heterocycles. The van der Waals surface area contributed by atoms with Crippen molar-refractivity contribution in [2.45, 2.75) is 0 Å². The molecule has 0 radical (unpaired) electrons. The quantitative estimate of drug-likeness (QED) is 0.716. The Labute approximate surface area is 111 Å². The summed E-state index contributed by atoms with van der Waals surface area (Å²) in [5.74, 6) is -0.432. The lowest BCUT2D eigenvalue weighted by atomic mass is 10.3. The van der Waals surface area contributed by atoms with Gasteiger partial charge in [-0.3, -0.25) is 4.79 Å². The fourth-order valence-electron chi connectivity index (χ4n) is 1.66. The third kappa shape index (κ3) is 2.32. The summed E-state index contributed by atoms with van der Waals surface area (Å²) in [6.45, 7) is 0. The van der Waals surface area contributed by atoms with Crippen LogP contribution >= 0.6 is 11.3 Å². The second-order valence-electron chi connectivity index (χ2n) is 3.81. The molecule has 0 amide bonds. The molecule has 5 heteroatoms. The Kier molecular flexibility index (Phi) is 2.97. The van der Waals surface area contributed by atoms with Crippen molar-refractivity contribution >= 4 is 21.4 Å². The summed E-state index contributed by atoms with van der Waals surface area (Å²) in [6.07, 6.45) is 0. The normalized spacial score (nSPS) is 10.6. The Morgan fingerprint density at radius 2 is 1.79 bits per heavy atom. The van der Waals surface area contributed by atoms with Gasteiger partial charge in [0.15, 0.2) is 11.6 Å². The van der Waals surface area contributed by atoms with Crippen molar-refractivity contribution in [3.05, 3.63) is 64.7 Å². The smallest absolute Gasteiger partial charge is 0.282 e. The Balaban J connectivity index is 2.07. The van der Waals surface area contributed by atoms with Gasteiger partial charge in [0.2, 0.25) is 0 Å². The summed E-state index contributed by atoms with van der Waals surface area (Å²) in [5.41, 5.74) is -0.374. The van der Waals surface area contributed by atoms with Crippen molar-refractivity contribution in [1.82, 2.24) is 4.98 Å². The Morgan fingerprint density at radius 3 is 2.63 bits per heavy atom. The van der Waals surface area contributed by atoms with Crippen molar-refractivity contribution in [1.29, 1.82) is 0 Å². The fourth-order valence-corrected chi connectivity index (χ4v) is 2.52. The molecule has 3 aromatic rings. The number of nitrogens with zero attached hydrogens (tertiary/aromatic N) is 1. The van der Waals surface area contributed by atoms with Gasteiger partial charge in [-0.2, -0.15) is 4.98 Å². The first-order chi connectivity index (χ1) is 9.24. The van der Waals surface area contributed by atoms with Crippen molar-refractivity contribution in [3.8, 4) is 10.9 Å². The Morgan fingerprint density at radius 1 is 1.05 bits per heavy atom. The molecule has 19 heavy (non-hydrogen) atoms. The van der Waals surface area contributed by atoms with Gasteiger partial charge in [0, 0.05) is 4.70 Å². The van der Waals surface area contributed by atoms with Crippen LogP contribution < -0.4 is 10.3 Å². The van der Waals surface area contributed by atoms with E-state index in [-0.39, 0.29) is 16.5 Å². The number of hydrogen-bond donors (Lipinski definition) is 0. The summed E-state index contributed by atoms with van der Waals surface area (Å²) in [7, 11) is 0. The van der Waals surface area contributed by atoms with Gasteiger partial charge in [0.1, 0.15) is 0 Å². The van der Waals surface area contributed by atoms with Crippen LogP contribution in [-0.4, -0.2) is 4.98 Å². The number of fused-ring (bicyclic) bond motifs is 1. The summed E-state index contributed by atoms with van der Waals surface area (Å²) in [4.78, 5) is 15.6. The summed E-state index contributed by atoms with van der Waals surface area (Å²) in [5, 5.41) is 0.669. The van der Waals surface area contributed by atoms with E-state index in [9.17, 15) is 9.18 Å². The van der Waals surface area contributed by atoms with Crippen LogP contribution in [0.1, 0.15) is 0 Å². The van der Waals surface area contributed by atoms with Crippen LogP contribution in [-0.2, 0) is 0 Å². The van der Waals surface area contributed by atoms with Gasteiger partial charge in [0.05, 0.1) is 5.39 Å². The third-order valence-electron chi connectivity index (χ3n) is 2.54. The van der Waals surface area contributed by atoms with Gasteiger partial charge in [0.25, 0.3) is 10.8 Å². The minimum atomic E-state index is -0.489. The maximum atomic E-state index is 13.5. The standard InChI is InChI=1S/C14H8FNO2S/c15-10-6-2-3-7-11(10)18-14-16-13(17)9-5-1-4-8-12(9)19-14/h1-8H. The molecule has 1 heterocycles. The van der Waals surface area contributed by atoms with E-state index in [1.54, 1.807) is 30.3 Å². The zero-order valence-corrected chi connectivity index (χ0v) is 10.5. The number of para-hydroxylation sites is 1. The number of aromatic nitrogens is 1. The molecule has 0 atom stereocenters. The molecule has 0 unspecified atom stereocenters. The largest absolute Gasteiger partial charge is 0.428 e. The Bertz CT molecular complexity index is 801. The number of halogens is 1.